The van der Waals surface area contributed by atoms with E-state index >= 15 is 0 Å². The van der Waals surface area contributed by atoms with Crippen LogP contribution in [-0.4, -0.2) is 30.3 Å². The van der Waals surface area contributed by atoms with E-state index in [-0.39, 0.29) is 5.56 Å². The van der Waals surface area contributed by atoms with Crippen LogP contribution in [0.2, 0.25) is 0 Å². The lowest BCUT2D eigenvalue weighted by atomic mass is 10.2. The van der Waals surface area contributed by atoms with Crippen LogP contribution in [-0.2, 0) is 0 Å². The largest absolute Gasteiger partial charge is 0.493 e. The second kappa shape index (κ2) is 5.92. The molecule has 20 heavy (non-hydrogen) atoms. The van der Waals surface area contributed by atoms with Gasteiger partial charge in [-0.1, -0.05) is 0 Å². The van der Waals surface area contributed by atoms with Crippen molar-refractivity contribution in [2.45, 2.75) is 0 Å². The van der Waals surface area contributed by atoms with E-state index in [4.69, 9.17) is 19.3 Å². The van der Waals surface area contributed by atoms with E-state index in [1.165, 1.54) is 32.4 Å². The molecule has 6 nitrogen and oxygen atoms in total. The Kier molecular flexibility index (Phi) is 4.05. The molecule has 0 bridgehead atoms. The van der Waals surface area contributed by atoms with Crippen LogP contribution >= 0.6 is 0 Å². The number of pyridine rings is 1. The zero-order chi connectivity index (χ0) is 14.5. The SMILES string of the molecule is COc1cc(Oc2ccc(C(=O)O)cc2OC)ccn1. The van der Waals surface area contributed by atoms with Gasteiger partial charge >= 0.3 is 5.97 Å². The summed E-state index contributed by atoms with van der Waals surface area (Å²) in [5.41, 5.74) is 0.126. The first-order valence-electron chi connectivity index (χ1n) is 5.73. The molecular weight excluding hydrogens is 262 g/mol. The molecule has 0 aliphatic heterocycles. The van der Waals surface area contributed by atoms with Gasteiger partial charge in [0, 0.05) is 12.3 Å². The van der Waals surface area contributed by atoms with Gasteiger partial charge in [-0.15, -0.1) is 0 Å². The van der Waals surface area contributed by atoms with Crippen LogP contribution in [0.15, 0.2) is 36.5 Å². The number of carboxylic acids is 1. The van der Waals surface area contributed by atoms with Gasteiger partial charge in [-0.05, 0) is 24.3 Å². The zero-order valence-corrected chi connectivity index (χ0v) is 11.0. The fourth-order valence-corrected chi connectivity index (χ4v) is 1.58. The molecule has 0 atom stereocenters. The van der Waals surface area contributed by atoms with Crippen LogP contribution in [0.1, 0.15) is 10.4 Å². The average molecular weight is 275 g/mol. The smallest absolute Gasteiger partial charge is 0.335 e. The minimum atomic E-state index is -1.03. The number of nitrogens with zero attached hydrogens (tertiary/aromatic N) is 1. The monoisotopic (exact) mass is 275 g/mol. The summed E-state index contributed by atoms with van der Waals surface area (Å²) in [6.45, 7) is 0. The number of benzene rings is 1. The summed E-state index contributed by atoms with van der Waals surface area (Å²) in [5.74, 6) is 0.647. The first-order valence-corrected chi connectivity index (χ1v) is 5.73. The van der Waals surface area contributed by atoms with Crippen LogP contribution in [0.3, 0.4) is 0 Å². The molecule has 0 amide bonds. The maximum absolute atomic E-state index is 10.9. The lowest BCUT2D eigenvalue weighted by Gasteiger charge is -2.11. The first kappa shape index (κ1) is 13.7. The van der Waals surface area contributed by atoms with Crippen molar-refractivity contribution in [3.05, 3.63) is 42.1 Å². The summed E-state index contributed by atoms with van der Waals surface area (Å²) < 4.78 is 15.8. The van der Waals surface area contributed by atoms with Gasteiger partial charge in [0.1, 0.15) is 5.75 Å². The highest BCUT2D eigenvalue weighted by Gasteiger charge is 2.11. The Morgan fingerprint density at radius 3 is 2.55 bits per heavy atom. The second-order valence-corrected chi connectivity index (χ2v) is 3.81. The molecule has 1 heterocycles. The van der Waals surface area contributed by atoms with Crippen molar-refractivity contribution in [1.82, 2.24) is 4.98 Å². The van der Waals surface area contributed by atoms with Crippen molar-refractivity contribution >= 4 is 5.97 Å². The number of aromatic nitrogens is 1. The molecule has 0 spiro atoms. The Bertz CT molecular complexity index is 627. The minimum absolute atomic E-state index is 0.126. The fourth-order valence-electron chi connectivity index (χ4n) is 1.58. The number of rotatable bonds is 5. The highest BCUT2D eigenvalue weighted by Crippen LogP contribution is 2.33. The summed E-state index contributed by atoms with van der Waals surface area (Å²) in [6, 6.07) is 7.65. The van der Waals surface area contributed by atoms with Crippen molar-refractivity contribution in [3.8, 4) is 23.1 Å². The molecule has 2 aromatic rings. The van der Waals surface area contributed by atoms with E-state index in [1.807, 2.05) is 0 Å². The normalized spacial score (nSPS) is 9.90. The average Bonchev–Trinajstić information content (AvgIpc) is 2.47. The number of carbonyl (C=O) groups is 1. The Labute approximate surface area is 115 Å². The summed E-state index contributed by atoms with van der Waals surface area (Å²) >= 11 is 0. The lowest BCUT2D eigenvalue weighted by Crippen LogP contribution is -1.98. The molecule has 6 heteroatoms. The molecule has 0 saturated carbocycles. The molecule has 0 saturated heterocycles. The highest BCUT2D eigenvalue weighted by atomic mass is 16.5. The molecule has 1 aromatic heterocycles. The molecule has 1 N–H and O–H groups in total. The number of methoxy groups -OCH3 is 2. The molecule has 104 valence electrons. The van der Waals surface area contributed by atoms with E-state index in [9.17, 15) is 4.79 Å². The van der Waals surface area contributed by atoms with E-state index in [2.05, 4.69) is 4.98 Å². The number of hydrogen-bond acceptors (Lipinski definition) is 5. The topological polar surface area (TPSA) is 77.9 Å². The van der Waals surface area contributed by atoms with Gasteiger partial charge in [-0.25, -0.2) is 9.78 Å². The Balaban J connectivity index is 2.30. The molecule has 1 aromatic carbocycles. The van der Waals surface area contributed by atoms with Crippen LogP contribution in [0.4, 0.5) is 0 Å². The van der Waals surface area contributed by atoms with Crippen molar-refractivity contribution < 1.29 is 24.1 Å². The standard InChI is InChI=1S/C14H13NO5/c1-18-12-7-9(14(16)17)3-4-11(12)20-10-5-6-15-13(8-10)19-2/h3-8H,1-2H3,(H,16,17). The van der Waals surface area contributed by atoms with Gasteiger partial charge < -0.3 is 19.3 Å². The Morgan fingerprint density at radius 2 is 1.90 bits per heavy atom. The molecule has 0 fully saturated rings. The number of hydrogen-bond donors (Lipinski definition) is 1. The number of ether oxygens (including phenoxy) is 3. The van der Waals surface area contributed by atoms with E-state index < -0.39 is 5.97 Å². The van der Waals surface area contributed by atoms with Crippen molar-refractivity contribution in [2.75, 3.05) is 14.2 Å². The molecule has 0 aliphatic carbocycles. The van der Waals surface area contributed by atoms with Crippen molar-refractivity contribution in [2.24, 2.45) is 0 Å². The van der Waals surface area contributed by atoms with Crippen LogP contribution in [0, 0.1) is 0 Å². The lowest BCUT2D eigenvalue weighted by molar-refractivity contribution is 0.0696. The third-order valence-corrected chi connectivity index (χ3v) is 2.55. The number of carboxylic acid groups (broad SMARTS) is 1. The van der Waals surface area contributed by atoms with Gasteiger partial charge in [0.2, 0.25) is 5.88 Å². The number of aromatic carboxylic acids is 1. The van der Waals surface area contributed by atoms with Gasteiger partial charge in [0.15, 0.2) is 11.5 Å². The minimum Gasteiger partial charge on any atom is -0.493 e. The summed E-state index contributed by atoms with van der Waals surface area (Å²) in [4.78, 5) is 14.9. The predicted octanol–water partition coefficient (Wildman–Crippen LogP) is 2.59. The third-order valence-electron chi connectivity index (χ3n) is 2.55. The third kappa shape index (κ3) is 2.97. The molecular formula is C14H13NO5. The Hall–Kier alpha value is -2.76. The molecule has 2 rings (SSSR count). The summed E-state index contributed by atoms with van der Waals surface area (Å²) in [7, 11) is 2.95. The zero-order valence-electron chi connectivity index (χ0n) is 11.0. The van der Waals surface area contributed by atoms with Crippen LogP contribution in [0.25, 0.3) is 0 Å². The van der Waals surface area contributed by atoms with Gasteiger partial charge in [-0.3, -0.25) is 0 Å². The van der Waals surface area contributed by atoms with Crippen LogP contribution < -0.4 is 14.2 Å². The second-order valence-electron chi connectivity index (χ2n) is 3.81. The van der Waals surface area contributed by atoms with Crippen LogP contribution in [0.5, 0.6) is 23.1 Å². The van der Waals surface area contributed by atoms with Gasteiger partial charge in [-0.2, -0.15) is 0 Å². The van der Waals surface area contributed by atoms with E-state index in [0.29, 0.717) is 23.1 Å². The van der Waals surface area contributed by atoms with Crippen molar-refractivity contribution in [1.29, 1.82) is 0 Å². The van der Waals surface area contributed by atoms with Gasteiger partial charge in [0.05, 0.1) is 19.8 Å². The Morgan fingerprint density at radius 1 is 1.10 bits per heavy atom. The summed E-state index contributed by atoms with van der Waals surface area (Å²) in [5, 5.41) is 8.93. The van der Waals surface area contributed by atoms with Crippen molar-refractivity contribution in [3.63, 3.8) is 0 Å². The summed E-state index contributed by atoms with van der Waals surface area (Å²) in [6.07, 6.45) is 1.55. The maximum atomic E-state index is 10.9. The first-order chi connectivity index (χ1) is 9.63. The predicted molar refractivity (Wildman–Crippen MR) is 70.8 cm³/mol. The molecule has 0 radical (unpaired) electrons. The molecule has 0 unspecified atom stereocenters. The van der Waals surface area contributed by atoms with E-state index in [0.717, 1.165) is 0 Å². The molecule has 0 aliphatic rings. The van der Waals surface area contributed by atoms with Gasteiger partial charge in [0.25, 0.3) is 0 Å². The maximum Gasteiger partial charge on any atom is 0.335 e. The fraction of sp³-hybridized carbons (Fsp3) is 0.143. The highest BCUT2D eigenvalue weighted by molar-refractivity contribution is 5.88. The van der Waals surface area contributed by atoms with E-state index in [1.54, 1.807) is 18.3 Å². The quantitative estimate of drug-likeness (QED) is 0.903.